The number of aryl methyl sites for hydroxylation is 3. The zero-order valence-electron chi connectivity index (χ0n) is 18.6. The topological polar surface area (TPSA) is 85.3 Å². The van der Waals surface area contributed by atoms with E-state index < -0.39 is 6.04 Å². The molecule has 0 spiro atoms. The molecule has 1 aromatic heterocycles. The summed E-state index contributed by atoms with van der Waals surface area (Å²) in [4.78, 5) is 24.9. The van der Waals surface area contributed by atoms with Crippen LogP contribution in [0.5, 0.6) is 5.75 Å². The first-order valence-corrected chi connectivity index (χ1v) is 10.7. The van der Waals surface area contributed by atoms with Crippen LogP contribution in [-0.4, -0.2) is 28.7 Å². The maximum Gasteiger partial charge on any atom is 0.248 e. The van der Waals surface area contributed by atoms with Crippen molar-refractivity contribution in [3.63, 3.8) is 0 Å². The summed E-state index contributed by atoms with van der Waals surface area (Å²) in [5, 5.41) is 10.4. The Morgan fingerprint density at radius 1 is 1.09 bits per heavy atom. The molecule has 0 aliphatic heterocycles. The van der Waals surface area contributed by atoms with Gasteiger partial charge in [0.15, 0.2) is 0 Å². The zero-order valence-corrected chi connectivity index (χ0v) is 19.4. The minimum Gasteiger partial charge on any atom is -0.497 e. The summed E-state index contributed by atoms with van der Waals surface area (Å²) < 4.78 is 6.81. The van der Waals surface area contributed by atoms with Gasteiger partial charge in [-0.25, -0.2) is 0 Å². The normalized spacial score (nSPS) is 11.7. The molecule has 0 aliphatic rings. The standard InChI is InChI=1S/C24H27ClN4O3/c1-15-13-16(2)29(28-15)17(3)24(31)27-22-11-8-19(14-21(22)25)26-23(30)12-7-18-5-9-20(32-4)10-6-18/h5-6,8-11,13-14,17H,7,12H2,1-4H3,(H,26,30)(H,27,31). The van der Waals surface area contributed by atoms with Gasteiger partial charge in [-0.1, -0.05) is 23.7 Å². The molecule has 2 N–H and O–H groups in total. The molecular formula is C24H27ClN4O3. The van der Waals surface area contributed by atoms with Crippen LogP contribution in [0.25, 0.3) is 0 Å². The van der Waals surface area contributed by atoms with Gasteiger partial charge in [0.2, 0.25) is 11.8 Å². The van der Waals surface area contributed by atoms with Crippen LogP contribution in [-0.2, 0) is 16.0 Å². The van der Waals surface area contributed by atoms with Crippen molar-refractivity contribution >= 4 is 34.8 Å². The molecule has 3 aromatic rings. The Bertz CT molecular complexity index is 1110. The van der Waals surface area contributed by atoms with Crippen LogP contribution >= 0.6 is 11.6 Å². The number of aromatic nitrogens is 2. The van der Waals surface area contributed by atoms with E-state index in [-0.39, 0.29) is 11.8 Å². The third-order valence-electron chi connectivity index (χ3n) is 5.10. The average molecular weight is 455 g/mol. The van der Waals surface area contributed by atoms with Crippen molar-refractivity contribution in [2.24, 2.45) is 0 Å². The Morgan fingerprint density at radius 2 is 1.81 bits per heavy atom. The molecule has 1 heterocycles. The van der Waals surface area contributed by atoms with Crippen LogP contribution in [0, 0.1) is 13.8 Å². The average Bonchev–Trinajstić information content (AvgIpc) is 3.11. The van der Waals surface area contributed by atoms with Crippen LogP contribution < -0.4 is 15.4 Å². The molecule has 0 saturated heterocycles. The Balaban J connectivity index is 1.56. The number of nitrogens with zero attached hydrogens (tertiary/aromatic N) is 2. The van der Waals surface area contributed by atoms with Crippen LogP contribution in [0.3, 0.4) is 0 Å². The van der Waals surface area contributed by atoms with Crippen molar-refractivity contribution in [2.45, 2.75) is 39.7 Å². The number of ether oxygens (including phenoxy) is 1. The minimum atomic E-state index is -0.489. The molecular weight excluding hydrogens is 428 g/mol. The Morgan fingerprint density at radius 3 is 2.41 bits per heavy atom. The molecule has 1 atom stereocenters. The number of hydrogen-bond acceptors (Lipinski definition) is 4. The van der Waals surface area contributed by atoms with E-state index in [1.807, 2.05) is 44.2 Å². The van der Waals surface area contributed by atoms with Crippen LogP contribution in [0.15, 0.2) is 48.5 Å². The highest BCUT2D eigenvalue weighted by Gasteiger charge is 2.19. The maximum atomic E-state index is 12.6. The quantitative estimate of drug-likeness (QED) is 0.505. The monoisotopic (exact) mass is 454 g/mol. The number of nitrogens with one attached hydrogen (secondary N) is 2. The summed E-state index contributed by atoms with van der Waals surface area (Å²) >= 11 is 6.34. The van der Waals surface area contributed by atoms with Crippen molar-refractivity contribution in [3.05, 3.63) is 70.5 Å². The van der Waals surface area contributed by atoms with Gasteiger partial charge < -0.3 is 15.4 Å². The number of hydrogen-bond donors (Lipinski definition) is 2. The van der Waals surface area contributed by atoms with Crippen LogP contribution in [0.4, 0.5) is 11.4 Å². The molecule has 3 rings (SSSR count). The minimum absolute atomic E-state index is 0.119. The van der Waals surface area contributed by atoms with Gasteiger partial charge >= 0.3 is 0 Å². The number of carbonyl (C=O) groups is 2. The molecule has 0 saturated carbocycles. The highest BCUT2D eigenvalue weighted by atomic mass is 35.5. The number of amides is 2. The first-order valence-electron chi connectivity index (χ1n) is 10.3. The van der Waals surface area contributed by atoms with Gasteiger partial charge in [0.05, 0.1) is 23.5 Å². The van der Waals surface area contributed by atoms with E-state index >= 15 is 0 Å². The Hall–Kier alpha value is -3.32. The molecule has 8 heteroatoms. The van der Waals surface area contributed by atoms with Crippen molar-refractivity contribution in [1.29, 1.82) is 0 Å². The van der Waals surface area contributed by atoms with Gasteiger partial charge in [-0.2, -0.15) is 5.10 Å². The van der Waals surface area contributed by atoms with E-state index in [0.29, 0.717) is 29.2 Å². The molecule has 0 aliphatic carbocycles. The molecule has 168 valence electrons. The third kappa shape index (κ3) is 5.88. The van der Waals surface area contributed by atoms with E-state index in [0.717, 1.165) is 22.7 Å². The van der Waals surface area contributed by atoms with Crippen molar-refractivity contribution in [2.75, 3.05) is 17.7 Å². The lowest BCUT2D eigenvalue weighted by Gasteiger charge is -2.16. The SMILES string of the molecule is COc1ccc(CCC(=O)Nc2ccc(NC(=O)C(C)n3nc(C)cc3C)c(Cl)c2)cc1. The molecule has 0 fully saturated rings. The van der Waals surface area contributed by atoms with E-state index in [9.17, 15) is 9.59 Å². The zero-order chi connectivity index (χ0) is 23.3. The lowest BCUT2D eigenvalue weighted by molar-refractivity contribution is -0.119. The number of carbonyl (C=O) groups excluding carboxylic acids is 2. The Kier molecular flexibility index (Phi) is 7.53. The van der Waals surface area contributed by atoms with Gasteiger partial charge in [0, 0.05) is 17.8 Å². The predicted molar refractivity (Wildman–Crippen MR) is 126 cm³/mol. The highest BCUT2D eigenvalue weighted by Crippen LogP contribution is 2.27. The predicted octanol–water partition coefficient (Wildman–Crippen LogP) is 4.93. The van der Waals surface area contributed by atoms with E-state index in [1.165, 1.54) is 0 Å². The van der Waals surface area contributed by atoms with Gasteiger partial charge in [-0.05, 0) is 69.2 Å². The van der Waals surface area contributed by atoms with Crippen LogP contribution in [0.1, 0.15) is 36.3 Å². The molecule has 2 amide bonds. The van der Waals surface area contributed by atoms with E-state index in [1.54, 1.807) is 36.9 Å². The van der Waals surface area contributed by atoms with Gasteiger partial charge in [0.25, 0.3) is 0 Å². The van der Waals surface area contributed by atoms with Gasteiger partial charge in [-0.15, -0.1) is 0 Å². The molecule has 7 nitrogen and oxygen atoms in total. The number of halogens is 1. The molecule has 32 heavy (non-hydrogen) atoms. The van der Waals surface area contributed by atoms with Crippen LogP contribution in [0.2, 0.25) is 5.02 Å². The van der Waals surface area contributed by atoms with Crippen molar-refractivity contribution < 1.29 is 14.3 Å². The van der Waals surface area contributed by atoms with Crippen molar-refractivity contribution in [1.82, 2.24) is 9.78 Å². The fraction of sp³-hybridized carbons (Fsp3) is 0.292. The van der Waals surface area contributed by atoms with Crippen molar-refractivity contribution in [3.8, 4) is 5.75 Å². The third-order valence-corrected chi connectivity index (χ3v) is 5.41. The number of benzene rings is 2. The second-order valence-electron chi connectivity index (χ2n) is 7.63. The smallest absolute Gasteiger partial charge is 0.248 e. The summed E-state index contributed by atoms with van der Waals surface area (Å²) in [6, 6.07) is 14.1. The Labute approximate surface area is 192 Å². The molecule has 1 unspecified atom stereocenters. The number of rotatable bonds is 8. The van der Waals surface area contributed by atoms with Gasteiger partial charge in [0.1, 0.15) is 11.8 Å². The first-order chi connectivity index (χ1) is 15.3. The van der Waals surface area contributed by atoms with Gasteiger partial charge in [-0.3, -0.25) is 14.3 Å². The summed E-state index contributed by atoms with van der Waals surface area (Å²) in [5.41, 5.74) is 3.85. The first kappa shape index (κ1) is 23.3. The molecule has 2 aromatic carbocycles. The number of anilines is 2. The summed E-state index contributed by atoms with van der Waals surface area (Å²) in [6.07, 6.45) is 0.949. The maximum absolute atomic E-state index is 12.6. The summed E-state index contributed by atoms with van der Waals surface area (Å²) in [5.74, 6) is 0.436. The van der Waals surface area contributed by atoms with E-state index in [4.69, 9.17) is 16.3 Å². The lowest BCUT2D eigenvalue weighted by Crippen LogP contribution is -2.25. The largest absolute Gasteiger partial charge is 0.497 e. The summed E-state index contributed by atoms with van der Waals surface area (Å²) in [6.45, 7) is 5.57. The lowest BCUT2D eigenvalue weighted by atomic mass is 10.1. The van der Waals surface area contributed by atoms with E-state index in [2.05, 4.69) is 15.7 Å². The second kappa shape index (κ2) is 10.3. The highest BCUT2D eigenvalue weighted by molar-refractivity contribution is 6.34. The second-order valence-corrected chi connectivity index (χ2v) is 8.03. The summed E-state index contributed by atoms with van der Waals surface area (Å²) in [7, 11) is 1.62. The fourth-order valence-corrected chi connectivity index (χ4v) is 3.58. The number of methoxy groups -OCH3 is 1. The molecule has 0 bridgehead atoms. The molecule has 0 radical (unpaired) electrons. The fourth-order valence-electron chi connectivity index (χ4n) is 3.35.